The average molecular weight is 409 g/mol. The molecule has 0 amide bonds. The molecule has 4 rings (SSSR count). The van der Waals surface area contributed by atoms with Gasteiger partial charge in [-0.1, -0.05) is 25.1 Å². The molecule has 3 saturated carbocycles. The van der Waals surface area contributed by atoms with Crippen molar-refractivity contribution in [2.24, 2.45) is 29.6 Å². The number of alkyl halides is 3. The Morgan fingerprint density at radius 1 is 0.931 bits per heavy atom. The Kier molecular flexibility index (Phi) is 6.09. The molecule has 0 saturated heterocycles. The van der Waals surface area contributed by atoms with E-state index >= 15 is 0 Å². The fourth-order valence-corrected chi connectivity index (χ4v) is 6.65. The lowest BCUT2D eigenvalue weighted by Gasteiger charge is -2.50. The summed E-state index contributed by atoms with van der Waals surface area (Å²) in [6.07, 6.45) is 10.8. The summed E-state index contributed by atoms with van der Waals surface area (Å²) >= 11 is 0. The molecule has 160 valence electrons. The fourth-order valence-electron chi connectivity index (χ4n) is 6.65. The second-order valence-corrected chi connectivity index (χ2v) is 9.58. The van der Waals surface area contributed by atoms with Crippen molar-refractivity contribution in [1.82, 2.24) is 0 Å². The van der Waals surface area contributed by atoms with Gasteiger partial charge in [0, 0.05) is 0 Å². The Hall–Kier alpha value is -1.32. The number of fused-ring (bicyclic) bond motifs is 3. The molecule has 0 bridgehead atoms. The molecule has 1 aromatic carbocycles. The van der Waals surface area contributed by atoms with Crippen LogP contribution in [0.4, 0.5) is 17.6 Å². The number of allylic oxidation sites excluding steroid dienone is 2. The molecule has 6 atom stereocenters. The van der Waals surface area contributed by atoms with Crippen LogP contribution in [0.15, 0.2) is 30.4 Å². The summed E-state index contributed by atoms with van der Waals surface area (Å²) in [4.78, 5) is 0. The third-order valence-electron chi connectivity index (χ3n) is 8.00. The van der Waals surface area contributed by atoms with Crippen molar-refractivity contribution in [3.63, 3.8) is 0 Å². The van der Waals surface area contributed by atoms with Gasteiger partial charge in [0.05, 0.1) is 5.56 Å². The molecule has 0 heterocycles. The van der Waals surface area contributed by atoms with Crippen molar-refractivity contribution in [1.29, 1.82) is 0 Å². The van der Waals surface area contributed by atoms with Gasteiger partial charge in [0.15, 0.2) is 0 Å². The molecule has 4 heteroatoms. The van der Waals surface area contributed by atoms with Gasteiger partial charge >= 0.3 is 6.18 Å². The number of halogens is 4. The Bertz CT molecular complexity index is 735. The largest absolute Gasteiger partial charge is 0.419 e. The zero-order valence-corrected chi connectivity index (χ0v) is 17.2. The highest BCUT2D eigenvalue weighted by Gasteiger charge is 2.44. The second kappa shape index (κ2) is 8.43. The topological polar surface area (TPSA) is 0 Å². The van der Waals surface area contributed by atoms with E-state index in [0.29, 0.717) is 5.92 Å². The van der Waals surface area contributed by atoms with Gasteiger partial charge in [-0.2, -0.15) is 13.2 Å². The highest BCUT2D eigenvalue weighted by atomic mass is 19.4. The second-order valence-electron chi connectivity index (χ2n) is 9.58. The third-order valence-corrected chi connectivity index (χ3v) is 8.00. The monoisotopic (exact) mass is 408 g/mol. The van der Waals surface area contributed by atoms with E-state index in [1.807, 2.05) is 0 Å². The summed E-state index contributed by atoms with van der Waals surface area (Å²) in [5.41, 5.74) is -0.395. The van der Waals surface area contributed by atoms with Crippen molar-refractivity contribution in [3.8, 4) is 0 Å². The molecule has 0 aromatic heterocycles. The lowest BCUT2D eigenvalue weighted by molar-refractivity contribution is -0.140. The molecule has 0 N–H and O–H groups in total. The van der Waals surface area contributed by atoms with E-state index in [9.17, 15) is 17.6 Å². The number of hydrogen-bond acceptors (Lipinski definition) is 0. The zero-order chi connectivity index (χ0) is 20.6. The smallest absolute Gasteiger partial charge is 0.206 e. The van der Waals surface area contributed by atoms with Gasteiger partial charge in [0.2, 0.25) is 0 Å². The molecule has 1 aromatic rings. The van der Waals surface area contributed by atoms with E-state index in [-0.39, 0.29) is 5.92 Å². The van der Waals surface area contributed by atoms with Crippen LogP contribution in [-0.2, 0) is 6.18 Å². The normalized spacial score (nSPS) is 35.3. The van der Waals surface area contributed by atoms with Gasteiger partial charge in [0.1, 0.15) is 5.82 Å². The van der Waals surface area contributed by atoms with Gasteiger partial charge in [0.25, 0.3) is 0 Å². The van der Waals surface area contributed by atoms with Crippen LogP contribution in [0.5, 0.6) is 0 Å². The van der Waals surface area contributed by atoms with Crippen LogP contribution in [0.25, 0.3) is 0 Å². The van der Waals surface area contributed by atoms with Crippen molar-refractivity contribution in [2.75, 3.05) is 0 Å². The summed E-state index contributed by atoms with van der Waals surface area (Å²) in [5, 5.41) is 0. The van der Waals surface area contributed by atoms with Crippen molar-refractivity contribution < 1.29 is 17.6 Å². The van der Waals surface area contributed by atoms with Crippen molar-refractivity contribution >= 4 is 0 Å². The number of rotatable bonds is 3. The standard InChI is InChI=1S/C25H32F4/c1-2-3-4-16-5-10-21-19(13-16)6-7-20-14-17(8-11-22(20)21)18-9-12-23(24(26)15-18)25(27,28)29/h3-4,9,12,15-17,19-22H,2,5-8,10-11,13-14H2,1H3. The van der Waals surface area contributed by atoms with E-state index in [1.54, 1.807) is 0 Å². The SMILES string of the molecule is CCC=CC1CCC2C(CCC3CC(c4ccc(C(F)(F)F)c(F)c4)CCC32)C1. The van der Waals surface area contributed by atoms with Crippen LogP contribution in [0.1, 0.15) is 81.8 Å². The average Bonchev–Trinajstić information content (AvgIpc) is 2.70. The van der Waals surface area contributed by atoms with Crippen LogP contribution in [0.3, 0.4) is 0 Å². The van der Waals surface area contributed by atoms with Gasteiger partial charge in [-0.05, 0) is 111 Å². The lowest BCUT2D eigenvalue weighted by atomic mass is 9.55. The fraction of sp³-hybridized carbons (Fsp3) is 0.680. The zero-order valence-electron chi connectivity index (χ0n) is 17.2. The van der Waals surface area contributed by atoms with E-state index < -0.39 is 17.6 Å². The first-order valence-electron chi connectivity index (χ1n) is 11.4. The number of benzene rings is 1. The van der Waals surface area contributed by atoms with Gasteiger partial charge in [-0.3, -0.25) is 0 Å². The van der Waals surface area contributed by atoms with E-state index in [2.05, 4.69) is 19.1 Å². The summed E-state index contributed by atoms with van der Waals surface area (Å²) < 4.78 is 52.6. The molecule has 3 aliphatic rings. The molecule has 0 radical (unpaired) electrons. The van der Waals surface area contributed by atoms with Crippen molar-refractivity contribution in [2.45, 2.75) is 76.8 Å². The van der Waals surface area contributed by atoms with Gasteiger partial charge < -0.3 is 0 Å². The van der Waals surface area contributed by atoms with Crippen LogP contribution in [0, 0.1) is 35.4 Å². The molecule has 3 fully saturated rings. The first-order valence-corrected chi connectivity index (χ1v) is 11.4. The van der Waals surface area contributed by atoms with Crippen LogP contribution < -0.4 is 0 Å². The molecule has 6 unspecified atom stereocenters. The maximum atomic E-state index is 14.1. The summed E-state index contributed by atoms with van der Waals surface area (Å²) in [7, 11) is 0. The maximum absolute atomic E-state index is 14.1. The minimum Gasteiger partial charge on any atom is -0.206 e. The Balaban J connectivity index is 1.41. The molecule has 0 aliphatic heterocycles. The predicted octanol–water partition coefficient (Wildman–Crippen LogP) is 8.14. The molecule has 0 nitrogen and oxygen atoms in total. The minimum atomic E-state index is -4.62. The van der Waals surface area contributed by atoms with Crippen LogP contribution in [-0.4, -0.2) is 0 Å². The van der Waals surface area contributed by atoms with Gasteiger partial charge in [-0.25, -0.2) is 4.39 Å². The van der Waals surface area contributed by atoms with Gasteiger partial charge in [-0.15, -0.1) is 0 Å². The minimum absolute atomic E-state index is 0.202. The van der Waals surface area contributed by atoms with E-state index in [4.69, 9.17) is 0 Å². The highest BCUT2D eigenvalue weighted by Crippen LogP contribution is 2.55. The van der Waals surface area contributed by atoms with Crippen molar-refractivity contribution in [3.05, 3.63) is 47.3 Å². The highest BCUT2D eigenvalue weighted by molar-refractivity contribution is 5.29. The van der Waals surface area contributed by atoms with Crippen LogP contribution >= 0.6 is 0 Å². The maximum Gasteiger partial charge on any atom is 0.419 e. The molecule has 29 heavy (non-hydrogen) atoms. The van der Waals surface area contributed by atoms with Crippen LogP contribution in [0.2, 0.25) is 0 Å². The Morgan fingerprint density at radius 2 is 1.62 bits per heavy atom. The van der Waals surface area contributed by atoms with E-state index in [1.165, 1.54) is 38.2 Å². The first kappa shape index (κ1) is 20.9. The predicted molar refractivity (Wildman–Crippen MR) is 108 cm³/mol. The summed E-state index contributed by atoms with van der Waals surface area (Å²) in [5.74, 6) is 2.91. The summed E-state index contributed by atoms with van der Waals surface area (Å²) in [6, 6.07) is 3.58. The quantitative estimate of drug-likeness (QED) is 0.350. The Morgan fingerprint density at radius 3 is 2.28 bits per heavy atom. The Labute approximate surface area is 171 Å². The summed E-state index contributed by atoms with van der Waals surface area (Å²) in [6.45, 7) is 2.19. The molecular weight excluding hydrogens is 376 g/mol. The molecule has 0 spiro atoms. The lowest BCUT2D eigenvalue weighted by Crippen LogP contribution is -2.41. The first-order chi connectivity index (χ1) is 13.9. The third kappa shape index (κ3) is 4.41. The van der Waals surface area contributed by atoms with E-state index in [0.717, 1.165) is 67.1 Å². The number of hydrogen-bond donors (Lipinski definition) is 0. The molecule has 3 aliphatic carbocycles. The molecular formula is C25H32F4.